The zero-order chi connectivity index (χ0) is 9.97. The predicted octanol–water partition coefficient (Wildman–Crippen LogP) is 2.94. The Labute approximate surface area is 90.4 Å². The van der Waals surface area contributed by atoms with Crippen molar-refractivity contribution < 1.29 is 0 Å². The van der Waals surface area contributed by atoms with E-state index in [4.69, 9.17) is 0 Å². The van der Waals surface area contributed by atoms with Gasteiger partial charge in [-0.2, -0.15) is 11.8 Å². The number of fused-ring (bicyclic) bond motifs is 1. The van der Waals surface area contributed by atoms with E-state index in [-0.39, 0.29) is 0 Å². The maximum atomic E-state index is 4.57. The summed E-state index contributed by atoms with van der Waals surface area (Å²) in [4.78, 5) is 4.57. The van der Waals surface area contributed by atoms with Gasteiger partial charge in [0.25, 0.3) is 0 Å². The van der Waals surface area contributed by atoms with Crippen molar-refractivity contribution in [1.82, 2.24) is 0 Å². The number of thioether (sulfide) groups is 1. The van der Waals surface area contributed by atoms with Crippen molar-refractivity contribution >= 4 is 18.0 Å². The zero-order valence-corrected chi connectivity index (χ0v) is 9.63. The Morgan fingerprint density at radius 3 is 3.14 bits per heavy atom. The van der Waals surface area contributed by atoms with Gasteiger partial charge in [0.1, 0.15) is 0 Å². The summed E-state index contributed by atoms with van der Waals surface area (Å²) in [6.45, 7) is 2.27. The summed E-state index contributed by atoms with van der Waals surface area (Å²) in [5.74, 6) is 2.43. The van der Waals surface area contributed by atoms with E-state index < -0.39 is 0 Å². The highest BCUT2D eigenvalue weighted by Gasteiger charge is 2.27. The van der Waals surface area contributed by atoms with Gasteiger partial charge in [-0.25, -0.2) is 0 Å². The fourth-order valence-corrected chi connectivity index (χ4v) is 2.86. The normalized spacial score (nSPS) is 35.3. The largest absolute Gasteiger partial charge is 0.289 e. The Balaban J connectivity index is 2.17. The molecule has 2 unspecified atom stereocenters. The first-order valence-corrected chi connectivity index (χ1v) is 6.60. The van der Waals surface area contributed by atoms with E-state index >= 15 is 0 Å². The lowest BCUT2D eigenvalue weighted by atomic mass is 9.80. The molecule has 14 heavy (non-hydrogen) atoms. The SMILES string of the molecule is CSCC1=CC=NC2C[C@@H](C)C=CC12. The Morgan fingerprint density at radius 1 is 1.50 bits per heavy atom. The second-order valence-corrected chi connectivity index (χ2v) is 5.03. The van der Waals surface area contributed by atoms with E-state index in [0.29, 0.717) is 17.9 Å². The second kappa shape index (κ2) is 4.35. The van der Waals surface area contributed by atoms with Gasteiger partial charge < -0.3 is 0 Å². The number of nitrogens with zero attached hydrogens (tertiary/aromatic N) is 1. The molecule has 0 amide bonds. The average molecular weight is 207 g/mol. The number of allylic oxidation sites excluding steroid dienone is 2. The van der Waals surface area contributed by atoms with Crippen LogP contribution in [0.2, 0.25) is 0 Å². The first-order valence-electron chi connectivity index (χ1n) is 5.20. The Morgan fingerprint density at radius 2 is 2.36 bits per heavy atom. The van der Waals surface area contributed by atoms with Gasteiger partial charge >= 0.3 is 0 Å². The lowest BCUT2D eigenvalue weighted by molar-refractivity contribution is 0.442. The van der Waals surface area contributed by atoms with Gasteiger partial charge in [0.2, 0.25) is 0 Å². The van der Waals surface area contributed by atoms with Crippen LogP contribution in [0.3, 0.4) is 0 Å². The first kappa shape index (κ1) is 10.0. The molecular weight excluding hydrogens is 190 g/mol. The fraction of sp³-hybridized carbons (Fsp3) is 0.583. The lowest BCUT2D eigenvalue weighted by Crippen LogP contribution is -2.28. The van der Waals surface area contributed by atoms with E-state index in [2.05, 4.69) is 36.4 Å². The van der Waals surface area contributed by atoms with Gasteiger partial charge in [-0.3, -0.25) is 4.99 Å². The molecule has 1 heterocycles. The Bertz CT molecular complexity index is 291. The Hall–Kier alpha value is -0.500. The number of hydrogen-bond donors (Lipinski definition) is 0. The van der Waals surface area contributed by atoms with Crippen LogP contribution in [-0.2, 0) is 0 Å². The number of rotatable bonds is 2. The van der Waals surface area contributed by atoms with E-state index in [1.165, 1.54) is 6.42 Å². The molecule has 0 radical (unpaired) electrons. The molecule has 2 aliphatic rings. The van der Waals surface area contributed by atoms with Gasteiger partial charge in [0.15, 0.2) is 0 Å². The lowest BCUT2D eigenvalue weighted by Gasteiger charge is -2.31. The molecule has 0 aromatic rings. The van der Waals surface area contributed by atoms with Gasteiger partial charge in [-0.15, -0.1) is 0 Å². The third kappa shape index (κ3) is 1.95. The van der Waals surface area contributed by atoms with Crippen LogP contribution < -0.4 is 0 Å². The molecule has 0 N–H and O–H groups in total. The number of aliphatic imine (C=N–C) groups is 1. The average Bonchev–Trinajstić information content (AvgIpc) is 2.18. The highest BCUT2D eigenvalue weighted by Crippen LogP contribution is 2.32. The highest BCUT2D eigenvalue weighted by molar-refractivity contribution is 7.98. The fourth-order valence-electron chi connectivity index (χ4n) is 2.24. The van der Waals surface area contributed by atoms with Crippen molar-refractivity contribution in [2.24, 2.45) is 16.8 Å². The standard InChI is InChI=1S/C12H17NS/c1-9-3-4-11-10(8-14-2)5-6-13-12(11)7-9/h3-6,9,11-12H,7-8H2,1-2H3/t9-,11?,12?/m0/s1. The van der Waals surface area contributed by atoms with E-state index in [9.17, 15) is 0 Å². The molecule has 1 aliphatic carbocycles. The minimum absolute atomic E-state index is 0.516. The van der Waals surface area contributed by atoms with Crippen molar-refractivity contribution in [3.63, 3.8) is 0 Å². The Kier molecular flexibility index (Phi) is 3.12. The molecule has 1 aliphatic heterocycles. The third-order valence-electron chi connectivity index (χ3n) is 2.98. The highest BCUT2D eigenvalue weighted by atomic mass is 32.2. The molecule has 0 saturated heterocycles. The van der Waals surface area contributed by atoms with Crippen LogP contribution in [-0.4, -0.2) is 24.3 Å². The number of hydrogen-bond acceptors (Lipinski definition) is 2. The molecule has 0 aromatic heterocycles. The van der Waals surface area contributed by atoms with Gasteiger partial charge in [-0.05, 0) is 30.2 Å². The van der Waals surface area contributed by atoms with Crippen LogP contribution in [0.1, 0.15) is 13.3 Å². The molecule has 2 rings (SSSR count). The molecule has 0 fully saturated rings. The summed E-state index contributed by atoms with van der Waals surface area (Å²) >= 11 is 1.90. The van der Waals surface area contributed by atoms with Crippen LogP contribution >= 0.6 is 11.8 Å². The number of dihydropyridines is 1. The van der Waals surface area contributed by atoms with E-state index in [1.807, 2.05) is 18.0 Å². The molecule has 0 aromatic carbocycles. The third-order valence-corrected chi connectivity index (χ3v) is 3.60. The van der Waals surface area contributed by atoms with Crippen LogP contribution in [0.15, 0.2) is 28.8 Å². The van der Waals surface area contributed by atoms with Crippen LogP contribution in [0.25, 0.3) is 0 Å². The van der Waals surface area contributed by atoms with Crippen LogP contribution in [0.4, 0.5) is 0 Å². The molecule has 1 nitrogen and oxygen atoms in total. The first-order chi connectivity index (χ1) is 6.81. The van der Waals surface area contributed by atoms with Crippen molar-refractivity contribution in [2.75, 3.05) is 12.0 Å². The molecule has 3 atom stereocenters. The van der Waals surface area contributed by atoms with E-state index in [1.54, 1.807) is 5.57 Å². The van der Waals surface area contributed by atoms with Gasteiger partial charge in [-0.1, -0.05) is 19.1 Å². The summed E-state index contributed by atoms with van der Waals surface area (Å²) in [5.41, 5.74) is 1.54. The minimum Gasteiger partial charge on any atom is -0.289 e. The summed E-state index contributed by atoms with van der Waals surface area (Å²) in [6.07, 6.45) is 12.3. The van der Waals surface area contributed by atoms with Crippen molar-refractivity contribution in [2.45, 2.75) is 19.4 Å². The van der Waals surface area contributed by atoms with Crippen molar-refractivity contribution in [1.29, 1.82) is 0 Å². The zero-order valence-electron chi connectivity index (χ0n) is 8.81. The molecule has 76 valence electrons. The second-order valence-electron chi connectivity index (χ2n) is 4.16. The van der Waals surface area contributed by atoms with Crippen LogP contribution in [0, 0.1) is 11.8 Å². The predicted molar refractivity (Wildman–Crippen MR) is 65.2 cm³/mol. The molecule has 0 spiro atoms. The maximum absolute atomic E-state index is 4.57. The van der Waals surface area contributed by atoms with Crippen molar-refractivity contribution in [3.05, 3.63) is 23.8 Å². The quantitative estimate of drug-likeness (QED) is 0.634. The smallest absolute Gasteiger partial charge is 0.0605 e. The molecule has 0 bridgehead atoms. The summed E-state index contributed by atoms with van der Waals surface area (Å²) < 4.78 is 0. The summed E-state index contributed by atoms with van der Waals surface area (Å²) in [5, 5.41) is 0. The molecule has 2 heteroatoms. The van der Waals surface area contributed by atoms with Crippen LogP contribution in [0.5, 0.6) is 0 Å². The minimum atomic E-state index is 0.516. The monoisotopic (exact) mass is 207 g/mol. The van der Waals surface area contributed by atoms with Gasteiger partial charge in [0.05, 0.1) is 6.04 Å². The van der Waals surface area contributed by atoms with E-state index in [0.717, 1.165) is 5.75 Å². The van der Waals surface area contributed by atoms with Crippen molar-refractivity contribution in [3.8, 4) is 0 Å². The molecule has 0 saturated carbocycles. The summed E-state index contributed by atoms with van der Waals surface area (Å²) in [7, 11) is 0. The molecular formula is C12H17NS. The maximum Gasteiger partial charge on any atom is 0.0605 e. The summed E-state index contributed by atoms with van der Waals surface area (Å²) in [6, 6.07) is 0.516. The topological polar surface area (TPSA) is 12.4 Å². The van der Waals surface area contributed by atoms with Gasteiger partial charge in [0, 0.05) is 17.9 Å².